The summed E-state index contributed by atoms with van der Waals surface area (Å²) in [5, 5.41) is 0.127. The lowest BCUT2D eigenvalue weighted by Crippen LogP contribution is -2.03. The molecule has 94 valence electrons. The molecule has 18 heavy (non-hydrogen) atoms. The number of nitrogens with zero attached hydrogens (tertiary/aromatic N) is 4. The molecule has 0 aliphatic rings. The third-order valence-corrected chi connectivity index (χ3v) is 2.45. The van der Waals surface area contributed by atoms with Gasteiger partial charge >= 0.3 is 6.01 Å². The number of aryl methyl sites for hydroxylation is 1. The topological polar surface area (TPSA) is 60.8 Å². The lowest BCUT2D eigenvalue weighted by Gasteiger charge is -2.06. The highest BCUT2D eigenvalue weighted by Crippen LogP contribution is 2.21. The fourth-order valence-electron chi connectivity index (χ4n) is 1.43. The Morgan fingerprint density at radius 2 is 2.11 bits per heavy atom. The van der Waals surface area contributed by atoms with E-state index >= 15 is 0 Å². The van der Waals surface area contributed by atoms with Crippen molar-refractivity contribution >= 4 is 11.6 Å². The van der Waals surface area contributed by atoms with Crippen molar-refractivity contribution in [2.24, 2.45) is 0 Å². The van der Waals surface area contributed by atoms with Crippen LogP contribution in [0.3, 0.4) is 0 Å². The fraction of sp³-hybridized carbons (Fsp3) is 0.333. The van der Waals surface area contributed by atoms with Crippen LogP contribution >= 0.6 is 11.6 Å². The van der Waals surface area contributed by atoms with Gasteiger partial charge in [-0.15, -0.1) is 0 Å². The van der Waals surface area contributed by atoms with Gasteiger partial charge in [-0.05, 0) is 36.6 Å². The number of hydrogen-bond donors (Lipinski definition) is 0. The monoisotopic (exact) mass is 264 g/mol. The van der Waals surface area contributed by atoms with Crippen LogP contribution in [0.5, 0.6) is 6.01 Å². The van der Waals surface area contributed by atoms with E-state index < -0.39 is 0 Å². The second-order valence-electron chi connectivity index (χ2n) is 3.75. The summed E-state index contributed by atoms with van der Waals surface area (Å²) < 4.78 is 5.38. The Bertz CT molecular complexity index is 547. The fourth-order valence-corrected chi connectivity index (χ4v) is 1.59. The van der Waals surface area contributed by atoms with Gasteiger partial charge in [0.2, 0.25) is 5.28 Å². The van der Waals surface area contributed by atoms with E-state index in [0.29, 0.717) is 12.4 Å². The molecule has 0 aliphatic carbocycles. The van der Waals surface area contributed by atoms with Crippen molar-refractivity contribution in [3.8, 4) is 17.4 Å². The summed E-state index contributed by atoms with van der Waals surface area (Å²) in [5.74, 6) is 0.501. The predicted molar refractivity (Wildman–Crippen MR) is 68.6 cm³/mol. The molecule has 2 aromatic rings. The number of pyridine rings is 1. The van der Waals surface area contributed by atoms with Crippen molar-refractivity contribution in [3.05, 3.63) is 29.3 Å². The molecule has 2 aromatic heterocycles. The zero-order chi connectivity index (χ0) is 13.0. The van der Waals surface area contributed by atoms with Gasteiger partial charge in [0.25, 0.3) is 0 Å². The maximum atomic E-state index is 5.87. The first kappa shape index (κ1) is 12.7. The molecular formula is C12H13ClN4O. The van der Waals surface area contributed by atoms with E-state index in [2.05, 4.69) is 19.9 Å². The van der Waals surface area contributed by atoms with Crippen molar-refractivity contribution < 1.29 is 4.74 Å². The normalized spacial score (nSPS) is 10.4. The van der Waals surface area contributed by atoms with E-state index in [1.807, 2.05) is 19.9 Å². The van der Waals surface area contributed by atoms with Gasteiger partial charge < -0.3 is 4.74 Å². The van der Waals surface area contributed by atoms with Crippen molar-refractivity contribution in [2.45, 2.75) is 20.3 Å². The summed E-state index contributed by atoms with van der Waals surface area (Å²) in [7, 11) is 0. The Balaban J connectivity index is 2.39. The summed E-state index contributed by atoms with van der Waals surface area (Å²) >= 11 is 5.87. The summed E-state index contributed by atoms with van der Waals surface area (Å²) in [6.45, 7) is 4.50. The van der Waals surface area contributed by atoms with Gasteiger partial charge in [0.1, 0.15) is 0 Å². The molecule has 5 nitrogen and oxygen atoms in total. The van der Waals surface area contributed by atoms with Gasteiger partial charge in [-0.25, -0.2) is 0 Å². The van der Waals surface area contributed by atoms with Crippen molar-refractivity contribution in [1.29, 1.82) is 0 Å². The second kappa shape index (κ2) is 5.73. The number of halogens is 1. The van der Waals surface area contributed by atoms with Crippen LogP contribution in [0, 0.1) is 6.92 Å². The molecule has 0 aromatic carbocycles. The van der Waals surface area contributed by atoms with Gasteiger partial charge in [-0.2, -0.15) is 15.0 Å². The number of aromatic nitrogens is 4. The van der Waals surface area contributed by atoms with E-state index in [1.165, 1.54) is 0 Å². The highest BCUT2D eigenvalue weighted by Gasteiger charge is 2.10. The molecule has 0 N–H and O–H groups in total. The number of rotatable bonds is 4. The highest BCUT2D eigenvalue weighted by atomic mass is 35.5. The second-order valence-corrected chi connectivity index (χ2v) is 4.09. The van der Waals surface area contributed by atoms with Crippen LogP contribution in [0.1, 0.15) is 18.9 Å². The third-order valence-electron chi connectivity index (χ3n) is 2.28. The molecule has 0 atom stereocenters. The van der Waals surface area contributed by atoms with E-state index in [4.69, 9.17) is 16.3 Å². The standard InChI is InChI=1S/C12H13ClN4O/c1-3-6-18-12-16-10(15-11(13)17-12)9-4-5-14-7-8(9)2/h4-5,7H,3,6H2,1-2H3. The van der Waals surface area contributed by atoms with Crippen LogP contribution in [0.25, 0.3) is 11.4 Å². The highest BCUT2D eigenvalue weighted by molar-refractivity contribution is 6.28. The van der Waals surface area contributed by atoms with Gasteiger partial charge in [-0.1, -0.05) is 6.92 Å². The minimum atomic E-state index is 0.127. The molecule has 2 rings (SSSR count). The van der Waals surface area contributed by atoms with E-state index in [9.17, 15) is 0 Å². The Kier molecular flexibility index (Phi) is 4.04. The molecule has 0 radical (unpaired) electrons. The van der Waals surface area contributed by atoms with Crippen LogP contribution in [-0.2, 0) is 0 Å². The average molecular weight is 265 g/mol. The molecule has 6 heteroatoms. The molecule has 0 amide bonds. The van der Waals surface area contributed by atoms with Gasteiger partial charge in [-0.3, -0.25) is 4.98 Å². The molecule has 2 heterocycles. The maximum Gasteiger partial charge on any atom is 0.321 e. The molecule has 0 bridgehead atoms. The summed E-state index contributed by atoms with van der Waals surface area (Å²) in [5.41, 5.74) is 1.84. The molecule has 0 spiro atoms. The van der Waals surface area contributed by atoms with Crippen LogP contribution < -0.4 is 4.74 Å². The summed E-state index contributed by atoms with van der Waals surface area (Å²) in [6.07, 6.45) is 4.32. The lowest BCUT2D eigenvalue weighted by atomic mass is 10.1. The maximum absolute atomic E-state index is 5.87. The van der Waals surface area contributed by atoms with Gasteiger partial charge in [0.05, 0.1) is 6.61 Å². The molecule has 0 saturated carbocycles. The van der Waals surface area contributed by atoms with E-state index in [0.717, 1.165) is 17.5 Å². The third kappa shape index (κ3) is 2.92. The molecule has 0 saturated heterocycles. The van der Waals surface area contributed by atoms with E-state index in [1.54, 1.807) is 12.4 Å². The SMILES string of the molecule is CCCOc1nc(Cl)nc(-c2ccncc2C)n1. The smallest absolute Gasteiger partial charge is 0.321 e. The Hall–Kier alpha value is -1.75. The molecular weight excluding hydrogens is 252 g/mol. The lowest BCUT2D eigenvalue weighted by molar-refractivity contribution is 0.291. The van der Waals surface area contributed by atoms with Crippen molar-refractivity contribution in [1.82, 2.24) is 19.9 Å². The first-order valence-corrected chi connectivity index (χ1v) is 6.04. The van der Waals surface area contributed by atoms with Crippen LogP contribution in [-0.4, -0.2) is 26.5 Å². The van der Waals surface area contributed by atoms with Crippen LogP contribution in [0.4, 0.5) is 0 Å². The average Bonchev–Trinajstić information content (AvgIpc) is 2.36. The van der Waals surface area contributed by atoms with Crippen LogP contribution in [0.2, 0.25) is 5.28 Å². The Morgan fingerprint density at radius 1 is 1.28 bits per heavy atom. The minimum Gasteiger partial charge on any atom is -0.463 e. The Labute approximate surface area is 110 Å². The zero-order valence-electron chi connectivity index (χ0n) is 10.2. The molecule has 0 fully saturated rings. The van der Waals surface area contributed by atoms with Crippen molar-refractivity contribution in [2.75, 3.05) is 6.61 Å². The first-order valence-electron chi connectivity index (χ1n) is 5.66. The quantitative estimate of drug-likeness (QED) is 0.850. The summed E-state index contributed by atoms with van der Waals surface area (Å²) in [4.78, 5) is 16.3. The Morgan fingerprint density at radius 3 is 2.83 bits per heavy atom. The van der Waals surface area contributed by atoms with Gasteiger partial charge in [0, 0.05) is 18.0 Å². The first-order chi connectivity index (χ1) is 8.70. The number of ether oxygens (including phenoxy) is 1. The number of hydrogen-bond acceptors (Lipinski definition) is 5. The largest absolute Gasteiger partial charge is 0.463 e. The summed E-state index contributed by atoms with van der Waals surface area (Å²) in [6, 6.07) is 2.09. The molecule has 0 aliphatic heterocycles. The minimum absolute atomic E-state index is 0.127. The zero-order valence-corrected chi connectivity index (χ0v) is 11.0. The van der Waals surface area contributed by atoms with Crippen LogP contribution in [0.15, 0.2) is 18.5 Å². The van der Waals surface area contributed by atoms with E-state index in [-0.39, 0.29) is 11.3 Å². The van der Waals surface area contributed by atoms with Gasteiger partial charge in [0.15, 0.2) is 5.82 Å². The van der Waals surface area contributed by atoms with Crippen molar-refractivity contribution in [3.63, 3.8) is 0 Å². The molecule has 0 unspecified atom stereocenters. The predicted octanol–water partition coefficient (Wildman–Crippen LogP) is 2.68.